The Kier molecular flexibility index (Phi) is 5.41. The van der Waals surface area contributed by atoms with Crippen molar-refractivity contribution in [2.75, 3.05) is 11.1 Å². The predicted molar refractivity (Wildman–Crippen MR) is 56.5 cm³/mol. The molecule has 0 aliphatic carbocycles. The molecule has 0 saturated carbocycles. The number of alkyl halides is 1. The zero-order valence-corrected chi connectivity index (χ0v) is 10.3. The number of rotatable bonds is 5. The SMILES string of the molecule is CCC(CBr)CS(=O)(=O)C(C)C. The molecule has 0 aromatic heterocycles. The lowest BCUT2D eigenvalue weighted by molar-refractivity contribution is 0.561. The van der Waals surface area contributed by atoms with Gasteiger partial charge < -0.3 is 0 Å². The van der Waals surface area contributed by atoms with Gasteiger partial charge in [0.25, 0.3) is 0 Å². The first-order valence-corrected chi connectivity index (χ1v) is 7.05. The molecule has 0 N–H and O–H groups in total. The van der Waals surface area contributed by atoms with Crippen molar-refractivity contribution in [1.29, 1.82) is 0 Å². The lowest BCUT2D eigenvalue weighted by atomic mass is 10.2. The molecule has 4 heteroatoms. The second kappa shape index (κ2) is 5.22. The number of halogens is 1. The van der Waals surface area contributed by atoms with Gasteiger partial charge in [-0.15, -0.1) is 0 Å². The van der Waals surface area contributed by atoms with E-state index in [0.29, 0.717) is 5.75 Å². The van der Waals surface area contributed by atoms with Gasteiger partial charge in [0.2, 0.25) is 0 Å². The zero-order chi connectivity index (χ0) is 9.78. The first-order valence-electron chi connectivity index (χ1n) is 4.21. The molecular formula is C8H17BrO2S. The highest BCUT2D eigenvalue weighted by atomic mass is 79.9. The predicted octanol–water partition coefficient (Wildman–Crippen LogP) is 2.23. The van der Waals surface area contributed by atoms with E-state index in [9.17, 15) is 8.42 Å². The van der Waals surface area contributed by atoms with Crippen molar-refractivity contribution < 1.29 is 8.42 Å². The van der Waals surface area contributed by atoms with E-state index in [0.717, 1.165) is 11.8 Å². The van der Waals surface area contributed by atoms with Crippen molar-refractivity contribution in [3.8, 4) is 0 Å². The quantitative estimate of drug-likeness (QED) is 0.708. The van der Waals surface area contributed by atoms with Crippen LogP contribution in [0, 0.1) is 5.92 Å². The second-order valence-corrected chi connectivity index (χ2v) is 6.56. The summed E-state index contributed by atoms with van der Waals surface area (Å²) >= 11 is 3.31. The minimum absolute atomic E-state index is 0.245. The third kappa shape index (κ3) is 3.90. The molecule has 0 aliphatic heterocycles. The molecule has 0 heterocycles. The first kappa shape index (κ1) is 12.4. The molecule has 0 aliphatic rings. The highest BCUT2D eigenvalue weighted by Gasteiger charge is 2.20. The average Bonchev–Trinajstić information content (AvgIpc) is 2.00. The molecule has 0 bridgehead atoms. The normalized spacial score (nSPS) is 15.1. The van der Waals surface area contributed by atoms with Crippen LogP contribution in [0.1, 0.15) is 27.2 Å². The minimum Gasteiger partial charge on any atom is -0.229 e. The Labute approximate surface area is 83.8 Å². The Morgan fingerprint density at radius 3 is 2.08 bits per heavy atom. The van der Waals surface area contributed by atoms with Crippen molar-refractivity contribution in [3.63, 3.8) is 0 Å². The van der Waals surface area contributed by atoms with Crippen LogP contribution in [-0.4, -0.2) is 24.8 Å². The van der Waals surface area contributed by atoms with Crippen LogP contribution in [-0.2, 0) is 9.84 Å². The van der Waals surface area contributed by atoms with E-state index in [1.807, 2.05) is 6.92 Å². The van der Waals surface area contributed by atoms with Crippen molar-refractivity contribution in [1.82, 2.24) is 0 Å². The summed E-state index contributed by atoms with van der Waals surface area (Å²) in [4.78, 5) is 0. The van der Waals surface area contributed by atoms with E-state index in [-0.39, 0.29) is 11.2 Å². The van der Waals surface area contributed by atoms with E-state index < -0.39 is 9.84 Å². The van der Waals surface area contributed by atoms with Crippen molar-refractivity contribution in [3.05, 3.63) is 0 Å². The van der Waals surface area contributed by atoms with Crippen LogP contribution in [0.5, 0.6) is 0 Å². The third-order valence-electron chi connectivity index (χ3n) is 1.98. The molecule has 0 aromatic rings. The molecule has 1 unspecified atom stereocenters. The topological polar surface area (TPSA) is 34.1 Å². The summed E-state index contributed by atoms with van der Waals surface area (Å²) in [5, 5.41) is 0.528. The van der Waals surface area contributed by atoms with E-state index >= 15 is 0 Å². The lowest BCUT2D eigenvalue weighted by Gasteiger charge is -2.13. The minimum atomic E-state index is -2.85. The second-order valence-electron chi connectivity index (χ2n) is 3.31. The molecule has 2 nitrogen and oxygen atoms in total. The van der Waals surface area contributed by atoms with Gasteiger partial charge in [0.1, 0.15) is 0 Å². The van der Waals surface area contributed by atoms with Gasteiger partial charge >= 0.3 is 0 Å². The standard InChI is InChI=1S/C8H17BrO2S/c1-4-8(5-9)6-12(10,11)7(2)3/h7-8H,4-6H2,1-3H3. The van der Waals surface area contributed by atoms with Crippen LogP contribution in [0.15, 0.2) is 0 Å². The van der Waals surface area contributed by atoms with Crippen LogP contribution in [0.2, 0.25) is 0 Å². The Balaban J connectivity index is 4.23. The Morgan fingerprint density at radius 2 is 1.83 bits per heavy atom. The maximum Gasteiger partial charge on any atom is 0.152 e. The first-order chi connectivity index (χ1) is 5.44. The van der Waals surface area contributed by atoms with E-state index in [2.05, 4.69) is 15.9 Å². The molecular weight excluding hydrogens is 240 g/mol. The highest BCUT2D eigenvalue weighted by Crippen LogP contribution is 2.13. The largest absolute Gasteiger partial charge is 0.229 e. The summed E-state index contributed by atoms with van der Waals surface area (Å²) < 4.78 is 22.9. The monoisotopic (exact) mass is 256 g/mol. The van der Waals surface area contributed by atoms with E-state index in [1.54, 1.807) is 13.8 Å². The fourth-order valence-corrected chi connectivity index (χ4v) is 3.18. The zero-order valence-electron chi connectivity index (χ0n) is 7.88. The van der Waals surface area contributed by atoms with Crippen LogP contribution in [0.4, 0.5) is 0 Å². The summed E-state index contributed by atoms with van der Waals surface area (Å²) in [6.07, 6.45) is 0.914. The van der Waals surface area contributed by atoms with Gasteiger partial charge in [-0.2, -0.15) is 0 Å². The lowest BCUT2D eigenvalue weighted by Crippen LogP contribution is -2.23. The summed E-state index contributed by atoms with van der Waals surface area (Å²) in [5.41, 5.74) is 0. The van der Waals surface area contributed by atoms with Crippen molar-refractivity contribution >= 4 is 25.8 Å². The van der Waals surface area contributed by atoms with Crippen molar-refractivity contribution in [2.24, 2.45) is 5.92 Å². The molecule has 0 radical (unpaired) electrons. The van der Waals surface area contributed by atoms with Gasteiger partial charge in [0, 0.05) is 5.33 Å². The summed E-state index contributed by atoms with van der Waals surface area (Å²) in [7, 11) is -2.85. The van der Waals surface area contributed by atoms with Gasteiger partial charge in [-0.25, -0.2) is 8.42 Å². The molecule has 0 rings (SSSR count). The number of sulfone groups is 1. The van der Waals surface area contributed by atoms with Gasteiger partial charge in [-0.3, -0.25) is 0 Å². The summed E-state index contributed by atoms with van der Waals surface area (Å²) in [6, 6.07) is 0. The van der Waals surface area contributed by atoms with Crippen LogP contribution >= 0.6 is 15.9 Å². The molecule has 1 atom stereocenters. The molecule has 0 saturated heterocycles. The fraction of sp³-hybridized carbons (Fsp3) is 1.00. The summed E-state index contributed by atoms with van der Waals surface area (Å²) in [5.74, 6) is 0.573. The van der Waals surface area contributed by atoms with E-state index in [4.69, 9.17) is 0 Å². The molecule has 12 heavy (non-hydrogen) atoms. The van der Waals surface area contributed by atoms with E-state index in [1.165, 1.54) is 0 Å². The third-order valence-corrected chi connectivity index (χ3v) is 5.27. The highest BCUT2D eigenvalue weighted by molar-refractivity contribution is 9.09. The van der Waals surface area contributed by atoms with Gasteiger partial charge in [-0.1, -0.05) is 29.3 Å². The molecule has 0 amide bonds. The molecule has 0 fully saturated rings. The number of hydrogen-bond donors (Lipinski definition) is 0. The average molecular weight is 257 g/mol. The van der Waals surface area contributed by atoms with Crippen LogP contribution in [0.25, 0.3) is 0 Å². The van der Waals surface area contributed by atoms with Gasteiger partial charge in [-0.05, 0) is 19.8 Å². The Bertz CT molecular complexity index is 205. The maximum atomic E-state index is 11.4. The summed E-state index contributed by atoms with van der Waals surface area (Å²) in [6.45, 7) is 5.48. The molecule has 0 aromatic carbocycles. The number of hydrogen-bond acceptors (Lipinski definition) is 2. The Morgan fingerprint density at radius 1 is 1.33 bits per heavy atom. The van der Waals surface area contributed by atoms with Gasteiger partial charge in [0.05, 0.1) is 11.0 Å². The van der Waals surface area contributed by atoms with Crippen LogP contribution < -0.4 is 0 Å². The van der Waals surface area contributed by atoms with Gasteiger partial charge in [0.15, 0.2) is 9.84 Å². The molecule has 74 valence electrons. The maximum absolute atomic E-state index is 11.4. The van der Waals surface area contributed by atoms with Crippen molar-refractivity contribution in [2.45, 2.75) is 32.4 Å². The molecule has 0 spiro atoms. The smallest absolute Gasteiger partial charge is 0.152 e. The fourth-order valence-electron chi connectivity index (χ4n) is 0.792. The van der Waals surface area contributed by atoms with Crippen LogP contribution in [0.3, 0.4) is 0 Å². The Hall–Kier alpha value is 0.430.